The molecule has 3 rings (SSSR count). The average molecular weight is 355 g/mol. The van der Waals surface area contributed by atoms with Crippen LogP contribution in [0.1, 0.15) is 5.82 Å². The fourth-order valence-electron chi connectivity index (χ4n) is 2.66. The summed E-state index contributed by atoms with van der Waals surface area (Å²) in [5, 5.41) is 8.72. The molecule has 0 saturated carbocycles. The highest BCUT2D eigenvalue weighted by Gasteiger charge is 2.29. The molecule has 0 unspecified atom stereocenters. The molecule has 6 heteroatoms. The van der Waals surface area contributed by atoms with Crippen molar-refractivity contribution in [3.8, 4) is 0 Å². The quantitative estimate of drug-likeness (QED) is 0.417. The lowest BCUT2D eigenvalue weighted by Crippen LogP contribution is -2.19. The van der Waals surface area contributed by atoms with E-state index >= 15 is 0 Å². The summed E-state index contributed by atoms with van der Waals surface area (Å²) in [4.78, 5) is 0. The van der Waals surface area contributed by atoms with Crippen LogP contribution in [0.25, 0.3) is 0 Å². The fraction of sp³-hybridized carbons (Fsp3) is 0.111. The van der Waals surface area contributed by atoms with Crippen LogP contribution in [-0.2, 0) is 17.3 Å². The summed E-state index contributed by atoms with van der Waals surface area (Å²) in [6, 6.07) is 19.1. The maximum Gasteiger partial charge on any atom is 0.195 e. The monoisotopic (exact) mass is 355 g/mol. The summed E-state index contributed by atoms with van der Waals surface area (Å²) < 4.78 is 16.4. The zero-order valence-electron chi connectivity index (χ0n) is 13.1. The lowest BCUT2D eigenvalue weighted by atomic mass is 10.4. The molecule has 0 amide bonds. The Labute approximate surface area is 146 Å². The molecule has 24 heavy (non-hydrogen) atoms. The van der Waals surface area contributed by atoms with Crippen molar-refractivity contribution in [1.29, 1.82) is 0 Å². The van der Waals surface area contributed by atoms with Gasteiger partial charge >= 0.3 is 0 Å². The Morgan fingerprint density at radius 3 is 2.12 bits per heavy atom. The van der Waals surface area contributed by atoms with Gasteiger partial charge in [0, 0.05) is 17.2 Å². The first-order chi connectivity index (χ1) is 11.6. The summed E-state index contributed by atoms with van der Waals surface area (Å²) >= 11 is 5.27. The molecule has 1 N–H and O–H groups in total. The summed E-state index contributed by atoms with van der Waals surface area (Å²) in [7, 11) is -2.87. The Kier molecular flexibility index (Phi) is 4.93. The molecule has 0 aliphatic carbocycles. The number of nitrogens with one attached hydrogen (secondary N) is 1. The SMILES string of the molecule is C=CCn1c(CP(=O)(c2ccccc2)c2ccccc2)n[nH]c1=S. The second-order valence-corrected chi connectivity index (χ2v) is 8.63. The van der Waals surface area contributed by atoms with Gasteiger partial charge in [0.1, 0.15) is 5.82 Å². The fourth-order valence-corrected chi connectivity index (χ4v) is 5.49. The highest BCUT2D eigenvalue weighted by Crippen LogP contribution is 2.46. The Bertz CT molecular complexity index is 888. The van der Waals surface area contributed by atoms with Gasteiger partial charge in [-0.3, -0.25) is 9.67 Å². The van der Waals surface area contributed by atoms with Crippen LogP contribution in [0.2, 0.25) is 0 Å². The number of allylic oxidation sites excluding steroid dienone is 1. The van der Waals surface area contributed by atoms with Gasteiger partial charge in [0.05, 0.1) is 6.16 Å². The summed E-state index contributed by atoms with van der Waals surface area (Å²) in [5.74, 6) is 0.677. The minimum atomic E-state index is -2.87. The lowest BCUT2D eigenvalue weighted by molar-refractivity contribution is 0.584. The van der Waals surface area contributed by atoms with Gasteiger partial charge in [-0.05, 0) is 12.2 Å². The van der Waals surface area contributed by atoms with Crippen LogP contribution in [0, 0.1) is 4.77 Å². The van der Waals surface area contributed by atoms with Crippen molar-refractivity contribution in [3.05, 3.63) is 83.9 Å². The zero-order chi connectivity index (χ0) is 17.0. The summed E-state index contributed by atoms with van der Waals surface area (Å²) in [6.45, 7) is 4.29. The molecule has 4 nitrogen and oxygen atoms in total. The minimum absolute atomic E-state index is 0.308. The Morgan fingerprint density at radius 2 is 1.62 bits per heavy atom. The van der Waals surface area contributed by atoms with Crippen molar-refractivity contribution in [2.75, 3.05) is 0 Å². The first-order valence-electron chi connectivity index (χ1n) is 7.60. The van der Waals surface area contributed by atoms with Gasteiger partial charge in [-0.15, -0.1) is 6.58 Å². The van der Waals surface area contributed by atoms with Crippen molar-refractivity contribution >= 4 is 30.0 Å². The molecule has 0 radical (unpaired) electrons. The zero-order valence-corrected chi connectivity index (χ0v) is 14.8. The molecule has 0 fully saturated rings. The van der Waals surface area contributed by atoms with E-state index in [4.69, 9.17) is 12.2 Å². The largest absolute Gasteiger partial charge is 0.313 e. The number of H-pyrrole nitrogens is 1. The smallest absolute Gasteiger partial charge is 0.195 e. The van der Waals surface area contributed by atoms with E-state index in [1.165, 1.54) is 0 Å². The molecule has 0 spiro atoms. The van der Waals surface area contributed by atoms with E-state index in [0.717, 1.165) is 10.6 Å². The Balaban J connectivity index is 2.12. The van der Waals surface area contributed by atoms with E-state index in [9.17, 15) is 4.57 Å². The minimum Gasteiger partial charge on any atom is -0.313 e. The van der Waals surface area contributed by atoms with Gasteiger partial charge < -0.3 is 4.57 Å². The third kappa shape index (κ3) is 3.18. The molecule has 0 aliphatic heterocycles. The van der Waals surface area contributed by atoms with Crippen molar-refractivity contribution in [1.82, 2.24) is 14.8 Å². The van der Waals surface area contributed by atoms with E-state index in [-0.39, 0.29) is 0 Å². The van der Waals surface area contributed by atoms with Gasteiger partial charge in [0.25, 0.3) is 0 Å². The maximum absolute atomic E-state index is 14.0. The van der Waals surface area contributed by atoms with Crippen LogP contribution < -0.4 is 10.6 Å². The topological polar surface area (TPSA) is 50.7 Å². The highest BCUT2D eigenvalue weighted by atomic mass is 32.1. The van der Waals surface area contributed by atoms with Crippen LogP contribution in [0.4, 0.5) is 0 Å². The lowest BCUT2D eigenvalue weighted by Gasteiger charge is -2.19. The van der Waals surface area contributed by atoms with Crippen molar-refractivity contribution in [3.63, 3.8) is 0 Å². The normalized spacial score (nSPS) is 11.3. The second-order valence-electron chi connectivity index (χ2n) is 5.41. The van der Waals surface area contributed by atoms with Gasteiger partial charge in [0.2, 0.25) is 0 Å². The van der Waals surface area contributed by atoms with Crippen molar-refractivity contribution in [2.45, 2.75) is 12.7 Å². The molecule has 2 aromatic carbocycles. The summed E-state index contributed by atoms with van der Waals surface area (Å²) in [6.07, 6.45) is 2.06. The van der Waals surface area contributed by atoms with E-state index in [1.807, 2.05) is 65.2 Å². The standard InChI is InChI=1S/C18H18N3OPS/c1-2-13-21-17(19-20-18(21)24)14-23(22,15-9-5-3-6-10-15)16-11-7-4-8-12-16/h2-12H,1,13-14H2,(H,20,24). The molecule has 1 aromatic heterocycles. The number of aromatic amines is 1. The Hall–Kier alpha value is -2.23. The van der Waals surface area contributed by atoms with Crippen LogP contribution in [0.15, 0.2) is 73.3 Å². The predicted molar refractivity (Wildman–Crippen MR) is 101 cm³/mol. The molecular weight excluding hydrogens is 337 g/mol. The molecule has 0 aliphatic rings. The van der Waals surface area contributed by atoms with Crippen molar-refractivity contribution in [2.24, 2.45) is 0 Å². The third-order valence-corrected chi connectivity index (χ3v) is 7.16. The molecule has 1 heterocycles. The number of hydrogen-bond acceptors (Lipinski definition) is 3. The maximum atomic E-state index is 14.0. The second kappa shape index (κ2) is 7.12. The predicted octanol–water partition coefficient (Wildman–Crippen LogP) is 3.64. The number of hydrogen-bond donors (Lipinski definition) is 1. The first kappa shape index (κ1) is 16.6. The van der Waals surface area contributed by atoms with Gasteiger partial charge in [-0.1, -0.05) is 66.7 Å². The van der Waals surface area contributed by atoms with E-state index in [1.54, 1.807) is 6.08 Å². The number of rotatable bonds is 6. The van der Waals surface area contributed by atoms with Gasteiger partial charge in [0.15, 0.2) is 11.9 Å². The number of nitrogens with zero attached hydrogens (tertiary/aromatic N) is 2. The highest BCUT2D eigenvalue weighted by molar-refractivity contribution is 7.78. The van der Waals surface area contributed by atoms with E-state index in [2.05, 4.69) is 16.8 Å². The number of benzene rings is 2. The van der Waals surface area contributed by atoms with E-state index in [0.29, 0.717) is 23.3 Å². The first-order valence-corrected chi connectivity index (χ1v) is 9.90. The average Bonchev–Trinajstić information content (AvgIpc) is 2.97. The third-order valence-electron chi connectivity index (χ3n) is 3.86. The van der Waals surface area contributed by atoms with Crippen LogP contribution in [-0.4, -0.2) is 14.8 Å². The van der Waals surface area contributed by atoms with Gasteiger partial charge in [-0.2, -0.15) is 5.10 Å². The van der Waals surface area contributed by atoms with Crippen LogP contribution in [0.5, 0.6) is 0 Å². The molecule has 122 valence electrons. The molecular formula is C18H18N3OPS. The number of aromatic nitrogens is 3. The van der Waals surface area contributed by atoms with Crippen LogP contribution >= 0.6 is 19.4 Å². The molecule has 0 saturated heterocycles. The molecule has 0 bridgehead atoms. The van der Waals surface area contributed by atoms with Gasteiger partial charge in [-0.25, -0.2) is 0 Å². The van der Waals surface area contributed by atoms with E-state index < -0.39 is 7.14 Å². The Morgan fingerprint density at radius 1 is 1.08 bits per heavy atom. The van der Waals surface area contributed by atoms with Crippen LogP contribution in [0.3, 0.4) is 0 Å². The molecule has 0 atom stereocenters. The molecule has 3 aromatic rings. The summed E-state index contributed by atoms with van der Waals surface area (Å²) in [5.41, 5.74) is 0. The van der Waals surface area contributed by atoms with Crippen molar-refractivity contribution < 1.29 is 4.57 Å².